The summed E-state index contributed by atoms with van der Waals surface area (Å²) in [5.41, 5.74) is 4.79. The molecule has 6 rings (SSSR count). The maximum absolute atomic E-state index is 12.3. The molecule has 8 heteroatoms. The molecular weight excluding hydrogens is 528 g/mol. The first kappa shape index (κ1) is 27.3. The average Bonchev–Trinajstić information content (AvgIpc) is 3.71. The van der Waals surface area contributed by atoms with Gasteiger partial charge in [-0.15, -0.1) is 0 Å². The Labute approximate surface area is 245 Å². The molecule has 0 aliphatic carbocycles. The van der Waals surface area contributed by atoms with Gasteiger partial charge in [0.1, 0.15) is 17.3 Å². The van der Waals surface area contributed by atoms with Gasteiger partial charge < -0.3 is 19.2 Å². The molecule has 1 saturated heterocycles. The van der Waals surface area contributed by atoms with Crippen LogP contribution in [0.4, 0.5) is 5.82 Å². The van der Waals surface area contributed by atoms with Crippen LogP contribution in [0.5, 0.6) is 5.75 Å². The van der Waals surface area contributed by atoms with E-state index in [9.17, 15) is 9.90 Å². The number of hydrogen-bond donors (Lipinski definition) is 1. The monoisotopic (exact) mass is 562 g/mol. The fourth-order valence-corrected chi connectivity index (χ4v) is 5.67. The highest BCUT2D eigenvalue weighted by Crippen LogP contribution is 2.33. The minimum absolute atomic E-state index is 0.0253. The van der Waals surface area contributed by atoms with E-state index in [2.05, 4.69) is 15.0 Å². The molecule has 42 heavy (non-hydrogen) atoms. The van der Waals surface area contributed by atoms with Crippen molar-refractivity contribution in [1.82, 2.24) is 14.8 Å². The highest BCUT2D eigenvalue weighted by molar-refractivity contribution is 5.72. The number of para-hydroxylation sites is 1. The molecule has 1 aliphatic rings. The fourth-order valence-electron chi connectivity index (χ4n) is 5.67. The Kier molecular flexibility index (Phi) is 7.77. The number of aryl methyl sites for hydroxylation is 2. The van der Waals surface area contributed by atoms with Crippen LogP contribution in [0.25, 0.3) is 17.1 Å². The molecule has 5 aromatic rings. The lowest BCUT2D eigenvalue weighted by Gasteiger charge is -2.20. The van der Waals surface area contributed by atoms with Crippen molar-refractivity contribution in [2.24, 2.45) is 11.8 Å². The van der Waals surface area contributed by atoms with E-state index in [1.54, 1.807) is 0 Å². The zero-order valence-corrected chi connectivity index (χ0v) is 23.8. The van der Waals surface area contributed by atoms with Crippen molar-refractivity contribution in [3.63, 3.8) is 0 Å². The smallest absolute Gasteiger partial charge is 0.308 e. The number of nitrogens with zero attached hydrogens (tertiary/aromatic N) is 4. The zero-order chi connectivity index (χ0) is 29.1. The zero-order valence-electron chi connectivity index (χ0n) is 23.8. The topological polar surface area (TPSA) is 93.6 Å². The Morgan fingerprint density at radius 1 is 0.976 bits per heavy atom. The Morgan fingerprint density at radius 2 is 1.69 bits per heavy atom. The highest BCUT2D eigenvalue weighted by Gasteiger charge is 2.39. The molecule has 2 atom stereocenters. The van der Waals surface area contributed by atoms with Crippen molar-refractivity contribution in [1.29, 1.82) is 0 Å². The van der Waals surface area contributed by atoms with Crippen LogP contribution in [-0.2, 0) is 17.6 Å². The number of ether oxygens (including phenoxy) is 1. The van der Waals surface area contributed by atoms with E-state index in [0.717, 1.165) is 45.5 Å². The van der Waals surface area contributed by atoms with Crippen LogP contribution >= 0.6 is 0 Å². The highest BCUT2D eigenvalue weighted by atomic mass is 16.5. The third kappa shape index (κ3) is 5.93. The number of anilines is 1. The van der Waals surface area contributed by atoms with Crippen molar-refractivity contribution < 1.29 is 19.1 Å². The van der Waals surface area contributed by atoms with Crippen LogP contribution in [0.15, 0.2) is 95.4 Å². The maximum Gasteiger partial charge on any atom is 0.308 e. The molecule has 1 aliphatic heterocycles. The first-order chi connectivity index (χ1) is 20.4. The molecule has 3 aromatic carbocycles. The van der Waals surface area contributed by atoms with E-state index in [4.69, 9.17) is 9.15 Å². The molecule has 1 N–H and O–H groups in total. The summed E-state index contributed by atoms with van der Waals surface area (Å²) in [6, 6.07) is 29.8. The molecule has 214 valence electrons. The third-order valence-corrected chi connectivity index (χ3v) is 7.84. The molecule has 0 bridgehead atoms. The van der Waals surface area contributed by atoms with Gasteiger partial charge in [0.2, 0.25) is 5.89 Å². The first-order valence-electron chi connectivity index (χ1n) is 14.3. The fraction of sp³-hybridized carbons (Fsp3) is 0.265. The van der Waals surface area contributed by atoms with Crippen molar-refractivity contribution >= 4 is 11.8 Å². The van der Waals surface area contributed by atoms with E-state index in [1.165, 1.54) is 0 Å². The summed E-state index contributed by atoms with van der Waals surface area (Å²) in [6.45, 7) is 5.47. The lowest BCUT2D eigenvalue weighted by atomic mass is 9.90. The van der Waals surface area contributed by atoms with Gasteiger partial charge in [0.25, 0.3) is 0 Å². The number of aliphatic carboxylic acids is 1. The van der Waals surface area contributed by atoms with E-state index in [-0.39, 0.29) is 5.92 Å². The molecule has 2 aromatic heterocycles. The number of benzene rings is 3. The Balaban J connectivity index is 1.08. The minimum Gasteiger partial charge on any atom is -0.493 e. The molecule has 0 unspecified atom stereocenters. The number of carboxylic acid groups (broad SMARTS) is 1. The summed E-state index contributed by atoms with van der Waals surface area (Å²) >= 11 is 0. The van der Waals surface area contributed by atoms with Gasteiger partial charge in [0.15, 0.2) is 0 Å². The van der Waals surface area contributed by atoms with Crippen molar-refractivity contribution in [2.75, 3.05) is 24.6 Å². The standard InChI is InChI=1S/C34H34N4O4/c1-23-19-32(38(36-23)28-11-7-4-8-12-28)37-21-27(30(22-37)34(39)40)20-25-13-15-29(16-14-25)41-18-17-31-24(2)42-33(35-31)26-9-5-3-6-10-26/h3-16,19,27,30H,17-18,20-22H2,1-2H3,(H,39,40)/t27-,30+/m1/s1. The van der Waals surface area contributed by atoms with E-state index in [1.807, 2.05) is 110 Å². The number of hydrogen-bond acceptors (Lipinski definition) is 6. The van der Waals surface area contributed by atoms with Gasteiger partial charge in [0, 0.05) is 31.1 Å². The van der Waals surface area contributed by atoms with E-state index < -0.39 is 11.9 Å². The predicted octanol–water partition coefficient (Wildman–Crippen LogP) is 6.15. The van der Waals surface area contributed by atoms with Crippen molar-refractivity contribution in [2.45, 2.75) is 26.7 Å². The van der Waals surface area contributed by atoms with Crippen molar-refractivity contribution in [3.05, 3.63) is 114 Å². The van der Waals surface area contributed by atoms with Gasteiger partial charge in [-0.25, -0.2) is 9.67 Å². The Morgan fingerprint density at radius 3 is 2.40 bits per heavy atom. The molecule has 0 radical (unpaired) electrons. The summed E-state index contributed by atoms with van der Waals surface area (Å²) < 4.78 is 13.8. The Bertz CT molecular complexity index is 1640. The van der Waals surface area contributed by atoms with Crippen LogP contribution in [0.2, 0.25) is 0 Å². The van der Waals surface area contributed by atoms with Crippen LogP contribution in [-0.4, -0.2) is 45.5 Å². The maximum atomic E-state index is 12.3. The number of aromatic nitrogens is 3. The number of carbonyl (C=O) groups is 1. The molecule has 0 saturated carbocycles. The summed E-state index contributed by atoms with van der Waals surface area (Å²) in [6.07, 6.45) is 1.31. The second-order valence-electron chi connectivity index (χ2n) is 10.8. The minimum atomic E-state index is -0.761. The normalized spacial score (nSPS) is 16.6. The lowest BCUT2D eigenvalue weighted by molar-refractivity contribution is -0.142. The van der Waals surface area contributed by atoms with Crippen LogP contribution < -0.4 is 9.64 Å². The van der Waals surface area contributed by atoms with Crippen molar-refractivity contribution in [3.8, 4) is 22.9 Å². The largest absolute Gasteiger partial charge is 0.493 e. The number of oxazole rings is 1. The van der Waals surface area contributed by atoms with Gasteiger partial charge in [-0.05, 0) is 68.1 Å². The van der Waals surface area contributed by atoms with Gasteiger partial charge in [0.05, 0.1) is 29.6 Å². The summed E-state index contributed by atoms with van der Waals surface area (Å²) in [5.74, 6) is 1.87. The summed E-state index contributed by atoms with van der Waals surface area (Å²) in [4.78, 5) is 19.1. The molecule has 3 heterocycles. The lowest BCUT2D eigenvalue weighted by Crippen LogP contribution is -2.25. The molecule has 1 fully saturated rings. The van der Waals surface area contributed by atoms with Gasteiger partial charge in [-0.1, -0.05) is 48.5 Å². The van der Waals surface area contributed by atoms with Crippen LogP contribution in [0.1, 0.15) is 22.7 Å². The summed E-state index contributed by atoms with van der Waals surface area (Å²) in [5, 5.41) is 14.7. The average molecular weight is 563 g/mol. The van der Waals surface area contributed by atoms with Gasteiger partial charge >= 0.3 is 5.97 Å². The van der Waals surface area contributed by atoms with Gasteiger partial charge in [-0.3, -0.25) is 4.79 Å². The van der Waals surface area contributed by atoms with E-state index in [0.29, 0.717) is 38.4 Å². The Hall–Kier alpha value is -4.85. The van der Waals surface area contributed by atoms with E-state index >= 15 is 0 Å². The summed E-state index contributed by atoms with van der Waals surface area (Å²) in [7, 11) is 0. The molecule has 0 spiro atoms. The molecular formula is C34H34N4O4. The quantitative estimate of drug-likeness (QED) is 0.218. The molecule has 8 nitrogen and oxygen atoms in total. The molecule has 0 amide bonds. The first-order valence-corrected chi connectivity index (χ1v) is 14.3. The number of carboxylic acids is 1. The SMILES string of the molecule is Cc1cc(N2C[C@@H](Cc3ccc(OCCc4nc(-c5ccccc5)oc4C)cc3)[C@@H](C(=O)O)C2)n(-c2ccccc2)n1. The third-order valence-electron chi connectivity index (χ3n) is 7.84. The van der Waals surface area contributed by atoms with Crippen LogP contribution in [0, 0.1) is 25.7 Å². The predicted molar refractivity (Wildman–Crippen MR) is 161 cm³/mol. The second kappa shape index (κ2) is 11.9. The second-order valence-corrected chi connectivity index (χ2v) is 10.8. The van der Waals surface area contributed by atoms with Gasteiger partial charge in [-0.2, -0.15) is 5.10 Å². The number of rotatable bonds is 10. The van der Waals surface area contributed by atoms with Crippen LogP contribution in [0.3, 0.4) is 0 Å².